The lowest BCUT2D eigenvalue weighted by Crippen LogP contribution is -2.40. The number of anilines is 1. The van der Waals surface area contributed by atoms with Crippen LogP contribution in [0.3, 0.4) is 0 Å². The molecule has 19 heavy (non-hydrogen) atoms. The molecular weight excluding hydrogens is 236 g/mol. The van der Waals surface area contributed by atoms with Gasteiger partial charge in [-0.3, -0.25) is 0 Å². The first-order valence-corrected chi connectivity index (χ1v) is 7.41. The molecule has 0 bridgehead atoms. The molecule has 4 heteroatoms. The summed E-state index contributed by atoms with van der Waals surface area (Å²) in [5.74, 6) is 1.09. The Morgan fingerprint density at radius 3 is 2.84 bits per heavy atom. The van der Waals surface area contributed by atoms with Gasteiger partial charge in [0.05, 0.1) is 0 Å². The Balaban J connectivity index is 1.65. The Kier molecular flexibility index (Phi) is 3.44. The smallest absolute Gasteiger partial charge is 0.132 e. The number of aromatic nitrogens is 2. The highest BCUT2D eigenvalue weighted by molar-refractivity contribution is 5.48. The molecule has 0 amide bonds. The van der Waals surface area contributed by atoms with Crippen molar-refractivity contribution in [2.45, 2.75) is 39.0 Å². The number of nitrogens with zero attached hydrogens (tertiary/aromatic N) is 3. The highest BCUT2D eigenvalue weighted by atomic mass is 15.1. The van der Waals surface area contributed by atoms with Gasteiger partial charge >= 0.3 is 0 Å². The number of hydrogen-bond acceptors (Lipinski definition) is 4. The Bertz CT molecular complexity index is 449. The minimum Gasteiger partial charge on any atom is -0.369 e. The predicted molar refractivity (Wildman–Crippen MR) is 77.4 cm³/mol. The number of nitrogens with one attached hydrogen (secondary N) is 1. The van der Waals surface area contributed by atoms with E-state index in [0.717, 1.165) is 25.2 Å². The number of likely N-dealkylation sites (tertiary alicyclic amines) is 1. The summed E-state index contributed by atoms with van der Waals surface area (Å²) < 4.78 is 0. The van der Waals surface area contributed by atoms with Crippen LogP contribution in [-0.2, 0) is 12.8 Å². The van der Waals surface area contributed by atoms with Crippen molar-refractivity contribution < 1.29 is 0 Å². The number of hydrogen-bond donors (Lipinski definition) is 1. The van der Waals surface area contributed by atoms with Crippen LogP contribution in [0.1, 0.15) is 37.4 Å². The zero-order chi connectivity index (χ0) is 13.3. The summed E-state index contributed by atoms with van der Waals surface area (Å²) >= 11 is 0. The van der Waals surface area contributed by atoms with E-state index in [1.807, 2.05) is 0 Å². The SMILES string of the molecule is CN1CCC(C)(CNc2ncnc3c2CCC3)CC1. The molecule has 0 radical (unpaired) electrons. The summed E-state index contributed by atoms with van der Waals surface area (Å²) in [4.78, 5) is 11.3. The van der Waals surface area contributed by atoms with E-state index in [1.54, 1.807) is 6.33 Å². The average Bonchev–Trinajstić information content (AvgIpc) is 2.89. The van der Waals surface area contributed by atoms with Crippen molar-refractivity contribution in [2.75, 3.05) is 32.0 Å². The maximum Gasteiger partial charge on any atom is 0.132 e. The lowest BCUT2D eigenvalue weighted by Gasteiger charge is -2.38. The molecule has 1 N–H and O–H groups in total. The Morgan fingerprint density at radius 2 is 2.05 bits per heavy atom. The Morgan fingerprint density at radius 1 is 1.26 bits per heavy atom. The maximum atomic E-state index is 4.45. The molecule has 0 saturated carbocycles. The van der Waals surface area contributed by atoms with Crippen molar-refractivity contribution >= 4 is 5.82 Å². The third-order valence-corrected chi connectivity index (χ3v) is 4.75. The molecule has 4 nitrogen and oxygen atoms in total. The van der Waals surface area contributed by atoms with Gasteiger partial charge < -0.3 is 10.2 Å². The molecule has 1 aliphatic carbocycles. The second kappa shape index (κ2) is 5.08. The van der Waals surface area contributed by atoms with Gasteiger partial charge in [-0.2, -0.15) is 0 Å². The lowest BCUT2D eigenvalue weighted by molar-refractivity contribution is 0.150. The largest absolute Gasteiger partial charge is 0.369 e. The molecule has 1 fully saturated rings. The number of fused-ring (bicyclic) bond motifs is 1. The van der Waals surface area contributed by atoms with E-state index < -0.39 is 0 Å². The van der Waals surface area contributed by atoms with Crippen LogP contribution in [0, 0.1) is 5.41 Å². The van der Waals surface area contributed by atoms with E-state index in [-0.39, 0.29) is 0 Å². The van der Waals surface area contributed by atoms with Crippen molar-refractivity contribution in [1.82, 2.24) is 14.9 Å². The van der Waals surface area contributed by atoms with Gasteiger partial charge in [0.2, 0.25) is 0 Å². The number of rotatable bonds is 3. The third kappa shape index (κ3) is 2.73. The van der Waals surface area contributed by atoms with Crippen LogP contribution in [0.2, 0.25) is 0 Å². The zero-order valence-electron chi connectivity index (χ0n) is 12.1. The van der Waals surface area contributed by atoms with Crippen molar-refractivity contribution in [2.24, 2.45) is 5.41 Å². The monoisotopic (exact) mass is 260 g/mol. The molecule has 1 aliphatic heterocycles. The number of piperidine rings is 1. The molecule has 1 aromatic heterocycles. The van der Waals surface area contributed by atoms with Crippen LogP contribution in [0.25, 0.3) is 0 Å². The van der Waals surface area contributed by atoms with Crippen LogP contribution >= 0.6 is 0 Å². The van der Waals surface area contributed by atoms with Gasteiger partial charge in [0, 0.05) is 17.8 Å². The summed E-state index contributed by atoms with van der Waals surface area (Å²) in [7, 11) is 2.21. The molecule has 0 atom stereocenters. The van der Waals surface area contributed by atoms with Gasteiger partial charge in [-0.05, 0) is 57.7 Å². The highest BCUT2D eigenvalue weighted by Crippen LogP contribution is 2.32. The summed E-state index contributed by atoms with van der Waals surface area (Å²) in [6.45, 7) is 5.85. The topological polar surface area (TPSA) is 41.0 Å². The Hall–Kier alpha value is -1.16. The van der Waals surface area contributed by atoms with Crippen molar-refractivity contribution in [3.63, 3.8) is 0 Å². The average molecular weight is 260 g/mol. The van der Waals surface area contributed by atoms with Crippen LogP contribution in [0.15, 0.2) is 6.33 Å². The van der Waals surface area contributed by atoms with Crippen molar-refractivity contribution in [3.05, 3.63) is 17.6 Å². The first-order valence-electron chi connectivity index (χ1n) is 7.41. The van der Waals surface area contributed by atoms with Gasteiger partial charge in [-0.25, -0.2) is 9.97 Å². The Labute approximate surface area is 115 Å². The van der Waals surface area contributed by atoms with E-state index in [1.165, 1.54) is 43.6 Å². The molecule has 1 aromatic rings. The fourth-order valence-electron chi connectivity index (χ4n) is 3.14. The summed E-state index contributed by atoms with van der Waals surface area (Å²) in [5.41, 5.74) is 3.02. The fourth-order valence-corrected chi connectivity index (χ4v) is 3.14. The minimum atomic E-state index is 0.406. The molecule has 104 valence electrons. The van der Waals surface area contributed by atoms with E-state index in [0.29, 0.717) is 5.41 Å². The second-order valence-electron chi connectivity index (χ2n) is 6.47. The fraction of sp³-hybridized carbons (Fsp3) is 0.733. The molecule has 0 unspecified atom stereocenters. The molecule has 0 aromatic carbocycles. The summed E-state index contributed by atoms with van der Waals surface area (Å²) in [5, 5.41) is 3.60. The molecular formula is C15H24N4. The molecule has 3 rings (SSSR count). The predicted octanol–water partition coefficient (Wildman–Crippen LogP) is 2.11. The first kappa shape index (κ1) is 12.9. The third-order valence-electron chi connectivity index (χ3n) is 4.75. The van der Waals surface area contributed by atoms with Gasteiger partial charge in [0.1, 0.15) is 12.1 Å². The molecule has 2 aliphatic rings. The van der Waals surface area contributed by atoms with Crippen LogP contribution in [0.5, 0.6) is 0 Å². The van der Waals surface area contributed by atoms with Gasteiger partial charge in [-0.1, -0.05) is 6.92 Å². The van der Waals surface area contributed by atoms with Crippen LogP contribution < -0.4 is 5.32 Å². The van der Waals surface area contributed by atoms with E-state index >= 15 is 0 Å². The van der Waals surface area contributed by atoms with Crippen LogP contribution in [0.4, 0.5) is 5.82 Å². The van der Waals surface area contributed by atoms with Gasteiger partial charge in [0.15, 0.2) is 0 Å². The summed E-state index contributed by atoms with van der Waals surface area (Å²) in [6, 6.07) is 0. The van der Waals surface area contributed by atoms with E-state index in [2.05, 4.69) is 34.2 Å². The van der Waals surface area contributed by atoms with Crippen LogP contribution in [-0.4, -0.2) is 41.5 Å². The quantitative estimate of drug-likeness (QED) is 0.903. The first-order chi connectivity index (χ1) is 9.16. The van der Waals surface area contributed by atoms with E-state index in [9.17, 15) is 0 Å². The highest BCUT2D eigenvalue weighted by Gasteiger charge is 2.29. The molecule has 2 heterocycles. The van der Waals surface area contributed by atoms with Crippen molar-refractivity contribution in [1.29, 1.82) is 0 Å². The van der Waals surface area contributed by atoms with Gasteiger partial charge in [-0.15, -0.1) is 0 Å². The summed E-state index contributed by atoms with van der Waals surface area (Å²) in [6.07, 6.45) is 7.73. The second-order valence-corrected chi connectivity index (χ2v) is 6.47. The molecule has 1 saturated heterocycles. The standard InChI is InChI=1S/C15H24N4/c1-15(6-8-19(2)9-7-15)10-16-14-12-4-3-5-13(12)17-11-18-14/h11H,3-10H2,1-2H3,(H,16,17,18). The van der Waals surface area contributed by atoms with Crippen molar-refractivity contribution in [3.8, 4) is 0 Å². The van der Waals surface area contributed by atoms with Gasteiger partial charge in [0.25, 0.3) is 0 Å². The van der Waals surface area contributed by atoms with E-state index in [4.69, 9.17) is 0 Å². The zero-order valence-corrected chi connectivity index (χ0v) is 12.1. The lowest BCUT2D eigenvalue weighted by atomic mass is 9.80. The normalized spacial score (nSPS) is 22.2. The maximum absolute atomic E-state index is 4.45. The number of aryl methyl sites for hydroxylation is 1. The molecule has 0 spiro atoms. The minimum absolute atomic E-state index is 0.406.